The van der Waals surface area contributed by atoms with E-state index in [4.69, 9.17) is 16.7 Å². The minimum absolute atomic E-state index is 0.0436. The zero-order valence-electron chi connectivity index (χ0n) is 13.5. The second-order valence-electron chi connectivity index (χ2n) is 5.59. The van der Waals surface area contributed by atoms with Gasteiger partial charge in [-0.15, -0.1) is 0 Å². The maximum Gasteiger partial charge on any atom is 0.337 e. The van der Waals surface area contributed by atoms with Crippen LogP contribution in [0.3, 0.4) is 0 Å². The Labute approximate surface area is 154 Å². The highest BCUT2D eigenvalue weighted by Crippen LogP contribution is 2.24. The van der Waals surface area contributed by atoms with E-state index < -0.39 is 16.0 Å². The van der Waals surface area contributed by atoms with Gasteiger partial charge in [0.15, 0.2) is 5.82 Å². The van der Waals surface area contributed by atoms with Gasteiger partial charge in [-0.2, -0.15) is 5.10 Å². The van der Waals surface area contributed by atoms with Crippen molar-refractivity contribution in [3.05, 3.63) is 64.7 Å². The number of carboxylic acid groups (broad SMARTS) is 1. The fraction of sp³-hybridized carbons (Fsp3) is 0.0588. The van der Waals surface area contributed by atoms with Crippen molar-refractivity contribution in [2.24, 2.45) is 0 Å². The van der Waals surface area contributed by atoms with Crippen LogP contribution >= 0.6 is 11.6 Å². The van der Waals surface area contributed by atoms with E-state index in [0.717, 1.165) is 17.2 Å². The first-order valence-electron chi connectivity index (χ1n) is 7.44. The molecule has 9 heteroatoms. The molecule has 0 aliphatic rings. The molecule has 1 aromatic heterocycles. The molecule has 3 aromatic rings. The number of carboxylic acids is 1. The summed E-state index contributed by atoms with van der Waals surface area (Å²) in [4.78, 5) is 10.9. The van der Waals surface area contributed by atoms with Crippen molar-refractivity contribution in [2.45, 2.75) is 11.8 Å². The summed E-state index contributed by atoms with van der Waals surface area (Å²) in [6.45, 7) is 1.97. The minimum atomic E-state index is -4.02. The molecule has 0 fully saturated rings. The lowest BCUT2D eigenvalue weighted by Gasteiger charge is -2.07. The van der Waals surface area contributed by atoms with Gasteiger partial charge in [-0.3, -0.25) is 9.82 Å². The van der Waals surface area contributed by atoms with Crippen LogP contribution in [0.25, 0.3) is 11.3 Å². The van der Waals surface area contributed by atoms with E-state index >= 15 is 0 Å². The number of aromatic carboxylic acids is 1. The molecule has 2 aromatic carbocycles. The molecule has 0 saturated carbocycles. The topological polar surface area (TPSA) is 112 Å². The highest BCUT2D eigenvalue weighted by atomic mass is 35.5. The van der Waals surface area contributed by atoms with Crippen molar-refractivity contribution in [1.29, 1.82) is 0 Å². The number of hydrogen-bond donors (Lipinski definition) is 3. The molecule has 3 N–H and O–H groups in total. The maximum absolute atomic E-state index is 12.5. The number of nitrogens with zero attached hydrogens (tertiary/aromatic N) is 1. The van der Waals surface area contributed by atoms with E-state index in [1.165, 1.54) is 12.1 Å². The number of rotatable bonds is 5. The van der Waals surface area contributed by atoms with Crippen LogP contribution in [0.2, 0.25) is 5.02 Å². The van der Waals surface area contributed by atoms with Crippen molar-refractivity contribution in [2.75, 3.05) is 4.72 Å². The zero-order valence-corrected chi connectivity index (χ0v) is 15.1. The Morgan fingerprint density at radius 1 is 1.15 bits per heavy atom. The summed E-state index contributed by atoms with van der Waals surface area (Å²) in [5.41, 5.74) is 2.31. The van der Waals surface area contributed by atoms with Gasteiger partial charge in [0.2, 0.25) is 0 Å². The number of anilines is 1. The molecule has 0 aliphatic heterocycles. The monoisotopic (exact) mass is 391 g/mol. The molecule has 0 aliphatic carbocycles. The fourth-order valence-corrected chi connectivity index (χ4v) is 3.50. The molecule has 26 heavy (non-hydrogen) atoms. The summed E-state index contributed by atoms with van der Waals surface area (Å²) in [5.74, 6) is -1.22. The molecule has 0 spiro atoms. The van der Waals surface area contributed by atoms with E-state index in [2.05, 4.69) is 14.9 Å². The third-order valence-corrected chi connectivity index (χ3v) is 5.34. The minimum Gasteiger partial charge on any atom is -0.478 e. The van der Waals surface area contributed by atoms with Crippen LogP contribution < -0.4 is 4.72 Å². The summed E-state index contributed by atoms with van der Waals surface area (Å²) in [6.07, 6.45) is 0. The molecule has 3 rings (SSSR count). The van der Waals surface area contributed by atoms with Gasteiger partial charge in [-0.25, -0.2) is 13.2 Å². The molecule has 0 bridgehead atoms. The van der Waals surface area contributed by atoms with E-state index in [9.17, 15) is 13.2 Å². The average molecular weight is 392 g/mol. The van der Waals surface area contributed by atoms with Crippen LogP contribution in [0.4, 0.5) is 5.82 Å². The number of carbonyl (C=O) groups is 1. The number of benzene rings is 2. The molecule has 1 heterocycles. The van der Waals surface area contributed by atoms with E-state index in [1.54, 1.807) is 6.07 Å². The molecular formula is C17H14ClN3O4S. The molecule has 0 radical (unpaired) electrons. The number of nitrogens with one attached hydrogen (secondary N) is 2. The summed E-state index contributed by atoms with van der Waals surface area (Å²) < 4.78 is 27.3. The summed E-state index contributed by atoms with van der Waals surface area (Å²) in [5, 5.41) is 15.7. The molecule has 134 valence electrons. The van der Waals surface area contributed by atoms with Crippen LogP contribution in [-0.2, 0) is 10.0 Å². The van der Waals surface area contributed by atoms with E-state index in [1.807, 2.05) is 31.2 Å². The first-order chi connectivity index (χ1) is 12.3. The molecule has 0 saturated heterocycles. The Bertz CT molecular complexity index is 1080. The lowest BCUT2D eigenvalue weighted by molar-refractivity contribution is 0.0697. The summed E-state index contributed by atoms with van der Waals surface area (Å²) in [6, 6.07) is 12.6. The Morgan fingerprint density at radius 3 is 2.50 bits per heavy atom. The average Bonchev–Trinajstić information content (AvgIpc) is 3.03. The van der Waals surface area contributed by atoms with Crippen molar-refractivity contribution in [3.8, 4) is 11.3 Å². The highest BCUT2D eigenvalue weighted by molar-refractivity contribution is 7.92. The first-order valence-corrected chi connectivity index (χ1v) is 9.30. The van der Waals surface area contributed by atoms with Crippen molar-refractivity contribution >= 4 is 33.4 Å². The van der Waals surface area contributed by atoms with E-state index in [0.29, 0.717) is 5.69 Å². The van der Waals surface area contributed by atoms with Gasteiger partial charge in [-0.05, 0) is 30.7 Å². The molecule has 0 atom stereocenters. The lowest BCUT2D eigenvalue weighted by Crippen LogP contribution is -2.14. The Morgan fingerprint density at radius 2 is 1.85 bits per heavy atom. The summed E-state index contributed by atoms with van der Waals surface area (Å²) in [7, 11) is -4.02. The highest BCUT2D eigenvalue weighted by Gasteiger charge is 2.19. The number of halogens is 1. The number of aryl methyl sites for hydroxylation is 1. The normalized spacial score (nSPS) is 11.3. The van der Waals surface area contributed by atoms with Crippen LogP contribution in [0.15, 0.2) is 53.4 Å². The largest absolute Gasteiger partial charge is 0.478 e. The van der Waals surface area contributed by atoms with Crippen LogP contribution in [0, 0.1) is 6.92 Å². The summed E-state index contributed by atoms with van der Waals surface area (Å²) >= 11 is 5.77. The van der Waals surface area contributed by atoms with Gasteiger partial charge in [0, 0.05) is 6.07 Å². The maximum atomic E-state index is 12.5. The standard InChI is InChI=1S/C17H14ClN3O4S/c1-10-2-4-11(5-3-10)15-9-16(20-19-15)21-26(24,25)12-6-7-14(18)13(8-12)17(22)23/h2-9H,1H3,(H,22,23)(H2,19,20,21). The predicted octanol–water partition coefficient (Wildman–Crippen LogP) is 3.54. The van der Waals surface area contributed by atoms with Crippen LogP contribution in [0.5, 0.6) is 0 Å². The Kier molecular flexibility index (Phi) is 4.71. The quantitative estimate of drug-likeness (QED) is 0.615. The van der Waals surface area contributed by atoms with Gasteiger partial charge in [0.05, 0.1) is 21.2 Å². The second-order valence-corrected chi connectivity index (χ2v) is 7.67. The first kappa shape index (κ1) is 18.0. The zero-order chi connectivity index (χ0) is 18.9. The van der Waals surface area contributed by atoms with Crippen molar-refractivity contribution in [3.63, 3.8) is 0 Å². The number of hydrogen-bond acceptors (Lipinski definition) is 4. The number of sulfonamides is 1. The molecule has 7 nitrogen and oxygen atoms in total. The van der Waals surface area contributed by atoms with Crippen LogP contribution in [-0.4, -0.2) is 29.7 Å². The van der Waals surface area contributed by atoms with Crippen molar-refractivity contribution in [1.82, 2.24) is 10.2 Å². The number of aromatic nitrogens is 2. The van der Waals surface area contributed by atoms with Gasteiger partial charge in [-0.1, -0.05) is 41.4 Å². The molecule has 0 amide bonds. The molecular weight excluding hydrogens is 378 g/mol. The number of H-pyrrole nitrogens is 1. The predicted molar refractivity (Wildman–Crippen MR) is 98.0 cm³/mol. The third kappa shape index (κ3) is 3.71. The SMILES string of the molecule is Cc1ccc(-c2cc(NS(=O)(=O)c3ccc(Cl)c(C(=O)O)c3)n[nH]2)cc1. The van der Waals surface area contributed by atoms with Crippen molar-refractivity contribution < 1.29 is 18.3 Å². The number of aromatic amines is 1. The fourth-order valence-electron chi connectivity index (χ4n) is 2.29. The van der Waals surface area contributed by atoms with E-state index in [-0.39, 0.29) is 21.3 Å². The van der Waals surface area contributed by atoms with Gasteiger partial charge in [0.25, 0.3) is 10.0 Å². The lowest BCUT2D eigenvalue weighted by atomic mass is 10.1. The van der Waals surface area contributed by atoms with Gasteiger partial charge < -0.3 is 5.11 Å². The Hall–Kier alpha value is -2.84. The smallest absolute Gasteiger partial charge is 0.337 e. The molecule has 0 unspecified atom stereocenters. The Balaban J connectivity index is 1.88. The van der Waals surface area contributed by atoms with Gasteiger partial charge in [0.1, 0.15) is 0 Å². The van der Waals surface area contributed by atoms with Gasteiger partial charge >= 0.3 is 5.97 Å². The second kappa shape index (κ2) is 6.81. The van der Waals surface area contributed by atoms with Crippen LogP contribution in [0.1, 0.15) is 15.9 Å². The third-order valence-electron chi connectivity index (χ3n) is 3.66.